The van der Waals surface area contributed by atoms with Crippen molar-refractivity contribution in [2.75, 3.05) is 17.6 Å². The maximum Gasteiger partial charge on any atom is 0.252 e. The number of nitrogens with one attached hydrogen (secondary N) is 2. The van der Waals surface area contributed by atoms with Crippen molar-refractivity contribution in [3.63, 3.8) is 0 Å². The van der Waals surface area contributed by atoms with Crippen LogP contribution in [0.25, 0.3) is 0 Å². The lowest BCUT2D eigenvalue weighted by molar-refractivity contribution is -0.119. The molecule has 2 amide bonds. The summed E-state index contributed by atoms with van der Waals surface area (Å²) in [5.74, 6) is -0.505. The van der Waals surface area contributed by atoms with Crippen molar-refractivity contribution >= 4 is 23.3 Å². The van der Waals surface area contributed by atoms with Gasteiger partial charge in [0.1, 0.15) is 5.82 Å². The fourth-order valence-corrected chi connectivity index (χ4v) is 1.48. The Morgan fingerprint density at radius 2 is 2.17 bits per heavy atom. The van der Waals surface area contributed by atoms with Crippen LogP contribution in [-0.4, -0.2) is 29.4 Å². The molecular weight excluding hydrogens is 234 g/mol. The first kappa shape index (κ1) is 12.2. The highest BCUT2D eigenvalue weighted by Crippen LogP contribution is 2.18. The summed E-state index contributed by atoms with van der Waals surface area (Å²) in [7, 11) is 0. The summed E-state index contributed by atoms with van der Waals surface area (Å²) in [6.45, 7) is 0.0493. The van der Waals surface area contributed by atoms with Gasteiger partial charge in [0.2, 0.25) is 5.91 Å². The zero-order valence-corrected chi connectivity index (χ0v) is 9.77. The van der Waals surface area contributed by atoms with E-state index in [9.17, 15) is 9.59 Å². The van der Waals surface area contributed by atoms with E-state index in [1.807, 2.05) is 0 Å². The first-order valence-corrected chi connectivity index (χ1v) is 5.65. The quantitative estimate of drug-likeness (QED) is 0.557. The standard InChI is InChI=1S/C11H15N5O2/c12-6-3-8(10(13)18)11(14-4-6)15-5-9(17)16-7-1-2-7/h3-4,7H,1-2,5,12H2,(H2,13,18)(H,14,15)(H,16,17). The van der Waals surface area contributed by atoms with Crippen molar-refractivity contribution in [1.29, 1.82) is 0 Å². The minimum absolute atomic E-state index is 0.0493. The van der Waals surface area contributed by atoms with Gasteiger partial charge in [-0.1, -0.05) is 0 Å². The molecule has 1 heterocycles. The Hall–Kier alpha value is -2.31. The molecule has 1 fully saturated rings. The van der Waals surface area contributed by atoms with Gasteiger partial charge in [0.25, 0.3) is 5.91 Å². The third-order valence-corrected chi connectivity index (χ3v) is 2.53. The lowest BCUT2D eigenvalue weighted by Gasteiger charge is -2.09. The molecule has 1 aliphatic carbocycles. The lowest BCUT2D eigenvalue weighted by Crippen LogP contribution is -2.32. The number of amides is 2. The molecule has 7 heteroatoms. The normalized spacial score (nSPS) is 14.0. The molecule has 1 aromatic heterocycles. The van der Waals surface area contributed by atoms with Gasteiger partial charge in [-0.05, 0) is 18.9 Å². The summed E-state index contributed by atoms with van der Waals surface area (Å²) in [6.07, 6.45) is 3.45. The molecule has 0 atom stereocenters. The lowest BCUT2D eigenvalue weighted by atomic mass is 10.2. The van der Waals surface area contributed by atoms with E-state index in [-0.39, 0.29) is 23.8 Å². The van der Waals surface area contributed by atoms with E-state index in [0.717, 1.165) is 12.8 Å². The predicted octanol–water partition coefficient (Wildman–Crippen LogP) is -0.547. The Kier molecular flexibility index (Phi) is 3.31. The minimum Gasteiger partial charge on any atom is -0.397 e. The molecule has 0 spiro atoms. The highest BCUT2D eigenvalue weighted by molar-refractivity contribution is 5.98. The third-order valence-electron chi connectivity index (χ3n) is 2.53. The van der Waals surface area contributed by atoms with Gasteiger partial charge in [-0.15, -0.1) is 0 Å². The summed E-state index contributed by atoms with van der Waals surface area (Å²) >= 11 is 0. The number of aromatic nitrogens is 1. The number of carbonyl (C=O) groups excluding carboxylic acids is 2. The van der Waals surface area contributed by atoms with Crippen LogP contribution in [0.2, 0.25) is 0 Å². The second kappa shape index (κ2) is 4.91. The second-order valence-electron chi connectivity index (χ2n) is 4.22. The van der Waals surface area contributed by atoms with Crippen LogP contribution >= 0.6 is 0 Å². The van der Waals surface area contributed by atoms with Gasteiger partial charge in [-0.3, -0.25) is 9.59 Å². The molecule has 1 aliphatic rings. The maximum absolute atomic E-state index is 11.5. The van der Waals surface area contributed by atoms with Crippen molar-refractivity contribution in [2.24, 2.45) is 5.73 Å². The number of rotatable bonds is 5. The van der Waals surface area contributed by atoms with Gasteiger partial charge in [-0.2, -0.15) is 0 Å². The number of nitrogens with zero attached hydrogens (tertiary/aromatic N) is 1. The number of nitrogens with two attached hydrogens (primary N) is 2. The van der Waals surface area contributed by atoms with Crippen LogP contribution in [0.4, 0.5) is 11.5 Å². The molecule has 0 saturated heterocycles. The van der Waals surface area contributed by atoms with E-state index in [1.165, 1.54) is 12.3 Å². The van der Waals surface area contributed by atoms with Crippen molar-refractivity contribution in [1.82, 2.24) is 10.3 Å². The van der Waals surface area contributed by atoms with Crippen molar-refractivity contribution in [3.05, 3.63) is 17.8 Å². The molecule has 0 aromatic carbocycles. The molecule has 96 valence electrons. The molecule has 6 N–H and O–H groups in total. The summed E-state index contributed by atoms with van der Waals surface area (Å²) in [6, 6.07) is 1.73. The monoisotopic (exact) mass is 249 g/mol. The van der Waals surface area contributed by atoms with E-state index in [1.54, 1.807) is 0 Å². The Bertz CT molecular complexity index is 484. The van der Waals surface area contributed by atoms with Crippen LogP contribution in [-0.2, 0) is 4.79 Å². The van der Waals surface area contributed by atoms with E-state index >= 15 is 0 Å². The fraction of sp³-hybridized carbons (Fsp3) is 0.364. The van der Waals surface area contributed by atoms with E-state index in [0.29, 0.717) is 11.7 Å². The molecule has 2 rings (SSSR count). The number of hydrogen-bond acceptors (Lipinski definition) is 5. The number of hydrogen-bond donors (Lipinski definition) is 4. The molecule has 1 aromatic rings. The van der Waals surface area contributed by atoms with Crippen molar-refractivity contribution < 1.29 is 9.59 Å². The average molecular weight is 249 g/mol. The summed E-state index contributed by atoms with van der Waals surface area (Å²) in [5.41, 5.74) is 11.2. The predicted molar refractivity (Wildman–Crippen MR) is 66.8 cm³/mol. The van der Waals surface area contributed by atoms with Crippen LogP contribution in [0.1, 0.15) is 23.2 Å². The Morgan fingerprint density at radius 3 is 2.78 bits per heavy atom. The topological polar surface area (TPSA) is 123 Å². The zero-order chi connectivity index (χ0) is 13.1. The highest BCUT2D eigenvalue weighted by Gasteiger charge is 2.23. The van der Waals surface area contributed by atoms with Gasteiger partial charge >= 0.3 is 0 Å². The minimum atomic E-state index is -0.639. The van der Waals surface area contributed by atoms with Gasteiger partial charge < -0.3 is 22.1 Å². The van der Waals surface area contributed by atoms with Crippen LogP contribution in [0.5, 0.6) is 0 Å². The molecule has 1 saturated carbocycles. The molecule has 0 aliphatic heterocycles. The van der Waals surface area contributed by atoms with Crippen molar-refractivity contribution in [2.45, 2.75) is 18.9 Å². The van der Waals surface area contributed by atoms with E-state index in [2.05, 4.69) is 15.6 Å². The summed E-state index contributed by atoms with van der Waals surface area (Å²) < 4.78 is 0. The van der Waals surface area contributed by atoms with Crippen LogP contribution in [0, 0.1) is 0 Å². The number of anilines is 2. The SMILES string of the molecule is NC(=O)c1cc(N)cnc1NCC(=O)NC1CC1. The van der Waals surface area contributed by atoms with Crippen LogP contribution < -0.4 is 22.1 Å². The van der Waals surface area contributed by atoms with Crippen molar-refractivity contribution in [3.8, 4) is 0 Å². The Labute approximate surface area is 104 Å². The molecule has 7 nitrogen and oxygen atoms in total. The average Bonchev–Trinajstić information content (AvgIpc) is 3.11. The van der Waals surface area contributed by atoms with Gasteiger partial charge in [0.05, 0.1) is 24.0 Å². The highest BCUT2D eigenvalue weighted by atomic mass is 16.2. The summed E-state index contributed by atoms with van der Waals surface area (Å²) in [4.78, 5) is 26.6. The molecule has 0 unspecified atom stereocenters. The fourth-order valence-electron chi connectivity index (χ4n) is 1.48. The first-order valence-electron chi connectivity index (χ1n) is 5.65. The maximum atomic E-state index is 11.5. The number of nitrogen functional groups attached to an aromatic ring is 1. The van der Waals surface area contributed by atoms with Gasteiger partial charge in [0, 0.05) is 6.04 Å². The molecule has 0 radical (unpaired) electrons. The Morgan fingerprint density at radius 1 is 1.44 bits per heavy atom. The zero-order valence-electron chi connectivity index (χ0n) is 9.77. The number of primary amides is 1. The summed E-state index contributed by atoms with van der Waals surface area (Å²) in [5, 5.41) is 5.59. The molecule has 0 bridgehead atoms. The van der Waals surface area contributed by atoms with Gasteiger partial charge in [-0.25, -0.2) is 4.98 Å². The largest absolute Gasteiger partial charge is 0.397 e. The Balaban J connectivity index is 1.99. The van der Waals surface area contributed by atoms with E-state index in [4.69, 9.17) is 11.5 Å². The third kappa shape index (κ3) is 3.09. The molecule has 18 heavy (non-hydrogen) atoms. The van der Waals surface area contributed by atoms with Crippen LogP contribution in [0.3, 0.4) is 0 Å². The smallest absolute Gasteiger partial charge is 0.252 e. The number of pyridine rings is 1. The van der Waals surface area contributed by atoms with Crippen LogP contribution in [0.15, 0.2) is 12.3 Å². The number of carbonyl (C=O) groups is 2. The second-order valence-corrected chi connectivity index (χ2v) is 4.22. The molecular formula is C11H15N5O2. The first-order chi connectivity index (χ1) is 8.56. The van der Waals surface area contributed by atoms with E-state index < -0.39 is 5.91 Å². The van der Waals surface area contributed by atoms with Gasteiger partial charge in [0.15, 0.2) is 0 Å².